The first-order valence-corrected chi connectivity index (χ1v) is 6.72. The van der Waals surface area contributed by atoms with Gasteiger partial charge < -0.3 is 15.3 Å². The van der Waals surface area contributed by atoms with Crippen molar-refractivity contribution in [2.75, 3.05) is 0 Å². The Morgan fingerprint density at radius 3 is 2.81 bits per heavy atom. The second-order valence-corrected chi connectivity index (χ2v) is 4.85. The summed E-state index contributed by atoms with van der Waals surface area (Å²) >= 11 is 0. The van der Waals surface area contributed by atoms with Gasteiger partial charge in [-0.15, -0.1) is 0 Å². The molecule has 0 bridgehead atoms. The van der Waals surface area contributed by atoms with Crippen molar-refractivity contribution in [3.8, 4) is 6.07 Å². The van der Waals surface area contributed by atoms with Crippen molar-refractivity contribution < 1.29 is 14.7 Å². The topological polar surface area (TPSA) is 108 Å². The molecule has 0 unspecified atom stereocenters. The smallest absolute Gasteiger partial charge is 0.404 e. The van der Waals surface area contributed by atoms with Crippen LogP contribution in [-0.4, -0.2) is 34.5 Å². The molecule has 1 heterocycles. The van der Waals surface area contributed by atoms with Crippen molar-refractivity contribution in [2.45, 2.75) is 37.8 Å². The Bertz CT molecular complexity index is 542. The lowest BCUT2D eigenvalue weighted by Gasteiger charge is -2.26. The van der Waals surface area contributed by atoms with E-state index in [9.17, 15) is 4.79 Å². The Labute approximate surface area is 122 Å². The van der Waals surface area contributed by atoms with Crippen molar-refractivity contribution >= 4 is 12.3 Å². The van der Waals surface area contributed by atoms with Gasteiger partial charge in [0, 0.05) is 12.2 Å². The molecule has 0 atom stereocenters. The van der Waals surface area contributed by atoms with Crippen LogP contribution < -0.4 is 5.32 Å². The van der Waals surface area contributed by atoms with Crippen molar-refractivity contribution in [3.05, 3.63) is 29.6 Å². The number of oxime groups is 1. The summed E-state index contributed by atoms with van der Waals surface area (Å²) in [5.41, 5.74) is 1.12. The van der Waals surface area contributed by atoms with Crippen LogP contribution in [0.25, 0.3) is 0 Å². The number of nitrogens with one attached hydrogen (secondary N) is 1. The normalized spacial score (nSPS) is 21.7. The molecule has 2 rings (SSSR count). The van der Waals surface area contributed by atoms with E-state index in [1.807, 2.05) is 6.07 Å². The first kappa shape index (κ1) is 14.8. The summed E-state index contributed by atoms with van der Waals surface area (Å²) in [6, 6.07) is 5.36. The summed E-state index contributed by atoms with van der Waals surface area (Å²) in [6.07, 6.45) is 5.04. The number of nitrogens with zero attached hydrogens (tertiary/aromatic N) is 3. The van der Waals surface area contributed by atoms with Crippen molar-refractivity contribution in [1.82, 2.24) is 10.3 Å². The lowest BCUT2D eigenvalue weighted by molar-refractivity contribution is 0.0277. The molecule has 1 fully saturated rings. The van der Waals surface area contributed by atoms with Gasteiger partial charge in [0.25, 0.3) is 0 Å². The molecule has 7 nitrogen and oxygen atoms in total. The molecule has 1 amide bonds. The lowest BCUT2D eigenvalue weighted by atomic mass is 9.93. The van der Waals surface area contributed by atoms with Crippen LogP contribution in [0.5, 0.6) is 0 Å². The minimum absolute atomic E-state index is 0.00600. The highest BCUT2D eigenvalue weighted by molar-refractivity contribution is 5.76. The van der Waals surface area contributed by atoms with Crippen LogP contribution in [0.1, 0.15) is 36.9 Å². The van der Waals surface area contributed by atoms with Gasteiger partial charge in [-0.2, -0.15) is 5.26 Å². The van der Waals surface area contributed by atoms with Crippen LogP contribution in [0.2, 0.25) is 0 Å². The second kappa shape index (κ2) is 7.24. The van der Waals surface area contributed by atoms with E-state index < -0.39 is 6.09 Å². The highest BCUT2D eigenvalue weighted by Gasteiger charge is 2.23. The minimum atomic E-state index is -0.982. The monoisotopic (exact) mass is 288 g/mol. The molecule has 1 aliphatic carbocycles. The lowest BCUT2D eigenvalue weighted by Crippen LogP contribution is -2.37. The van der Waals surface area contributed by atoms with Crippen LogP contribution in [0.4, 0.5) is 4.79 Å². The highest BCUT2D eigenvalue weighted by Crippen LogP contribution is 2.21. The third-order valence-electron chi connectivity index (χ3n) is 3.31. The first-order valence-electron chi connectivity index (χ1n) is 6.72. The fourth-order valence-corrected chi connectivity index (χ4v) is 2.21. The largest absolute Gasteiger partial charge is 0.465 e. The molecule has 0 aliphatic heterocycles. The van der Waals surface area contributed by atoms with E-state index in [2.05, 4.69) is 15.5 Å². The number of amides is 1. The van der Waals surface area contributed by atoms with Crippen molar-refractivity contribution in [1.29, 1.82) is 5.26 Å². The molecule has 1 aromatic heterocycles. The molecule has 1 aromatic rings. The van der Waals surface area contributed by atoms with Gasteiger partial charge in [-0.05, 0) is 37.8 Å². The highest BCUT2D eigenvalue weighted by atomic mass is 16.6. The average molecular weight is 288 g/mol. The molecule has 2 N–H and O–H groups in total. The molecule has 1 saturated carbocycles. The Morgan fingerprint density at radius 1 is 1.48 bits per heavy atom. The maximum atomic E-state index is 10.5. The van der Waals surface area contributed by atoms with E-state index in [0.717, 1.165) is 25.7 Å². The zero-order valence-electron chi connectivity index (χ0n) is 11.4. The third-order valence-corrected chi connectivity index (χ3v) is 3.31. The van der Waals surface area contributed by atoms with Gasteiger partial charge in [-0.1, -0.05) is 5.16 Å². The summed E-state index contributed by atoms with van der Waals surface area (Å²) in [5.74, 6) is 0. The van der Waals surface area contributed by atoms with Crippen LogP contribution in [0, 0.1) is 11.3 Å². The van der Waals surface area contributed by atoms with Gasteiger partial charge >= 0.3 is 6.09 Å². The quantitative estimate of drug-likeness (QED) is 0.649. The predicted octanol–water partition coefficient (Wildman–Crippen LogP) is 1.88. The van der Waals surface area contributed by atoms with E-state index >= 15 is 0 Å². The van der Waals surface area contributed by atoms with E-state index in [1.165, 1.54) is 12.4 Å². The van der Waals surface area contributed by atoms with E-state index in [1.54, 1.807) is 12.1 Å². The van der Waals surface area contributed by atoms with Gasteiger partial charge in [0.05, 0.1) is 17.5 Å². The Morgan fingerprint density at radius 2 is 2.24 bits per heavy atom. The number of hydrogen-bond donors (Lipinski definition) is 2. The summed E-state index contributed by atoms with van der Waals surface area (Å²) in [7, 11) is 0. The molecular weight excluding hydrogens is 272 g/mol. The van der Waals surface area contributed by atoms with Crippen molar-refractivity contribution in [2.24, 2.45) is 5.16 Å². The molecule has 0 saturated heterocycles. The van der Waals surface area contributed by atoms with Crippen LogP contribution >= 0.6 is 0 Å². The standard InChI is InChI=1S/C14H16N4O3/c15-7-10-1-2-12(16-8-10)9-17-21-13-5-3-11(4-6-13)18-14(19)20/h1-2,8-9,11,13,18H,3-6H2,(H,19,20)/t11-,13-. The Kier molecular flexibility index (Phi) is 5.10. The van der Waals surface area contributed by atoms with Gasteiger partial charge in [0.15, 0.2) is 0 Å². The van der Waals surface area contributed by atoms with Gasteiger partial charge in [0.1, 0.15) is 12.2 Å². The minimum Gasteiger partial charge on any atom is -0.465 e. The fourth-order valence-electron chi connectivity index (χ4n) is 2.21. The number of aromatic nitrogens is 1. The van der Waals surface area contributed by atoms with Crippen molar-refractivity contribution in [3.63, 3.8) is 0 Å². The molecule has 0 radical (unpaired) electrons. The number of carbonyl (C=O) groups is 1. The number of hydrogen-bond acceptors (Lipinski definition) is 5. The summed E-state index contributed by atoms with van der Waals surface area (Å²) < 4.78 is 0. The maximum Gasteiger partial charge on any atom is 0.404 e. The summed E-state index contributed by atoms with van der Waals surface area (Å²) in [5, 5.41) is 23.7. The van der Waals surface area contributed by atoms with E-state index in [-0.39, 0.29) is 12.1 Å². The molecular formula is C14H16N4O3. The maximum absolute atomic E-state index is 10.5. The molecule has 7 heteroatoms. The zero-order chi connectivity index (χ0) is 15.1. The Hall–Kier alpha value is -2.62. The number of pyridine rings is 1. The molecule has 0 aromatic carbocycles. The van der Waals surface area contributed by atoms with Gasteiger partial charge in [-0.25, -0.2) is 4.79 Å². The fraction of sp³-hybridized carbons (Fsp3) is 0.429. The summed E-state index contributed by atoms with van der Waals surface area (Å²) in [6.45, 7) is 0. The van der Waals surface area contributed by atoms with Gasteiger partial charge in [-0.3, -0.25) is 4.98 Å². The summed E-state index contributed by atoms with van der Waals surface area (Å²) in [4.78, 5) is 20.0. The predicted molar refractivity (Wildman–Crippen MR) is 74.8 cm³/mol. The first-order chi connectivity index (χ1) is 10.2. The number of carboxylic acid groups (broad SMARTS) is 1. The molecule has 21 heavy (non-hydrogen) atoms. The van der Waals surface area contributed by atoms with Gasteiger partial charge in [0.2, 0.25) is 0 Å². The van der Waals surface area contributed by atoms with Crippen LogP contribution in [-0.2, 0) is 4.84 Å². The number of rotatable bonds is 4. The van der Waals surface area contributed by atoms with E-state index in [4.69, 9.17) is 15.2 Å². The molecule has 110 valence electrons. The average Bonchev–Trinajstić information content (AvgIpc) is 2.49. The molecule has 1 aliphatic rings. The zero-order valence-corrected chi connectivity index (χ0v) is 11.4. The van der Waals surface area contributed by atoms with Crippen LogP contribution in [0.3, 0.4) is 0 Å². The second-order valence-electron chi connectivity index (χ2n) is 4.85. The van der Waals surface area contributed by atoms with Crippen LogP contribution in [0.15, 0.2) is 23.5 Å². The SMILES string of the molecule is N#Cc1ccc(C=NO[C@H]2CC[C@H](NC(=O)O)CC2)nc1. The third kappa shape index (κ3) is 4.76. The Balaban J connectivity index is 1.75. The number of nitriles is 1. The van der Waals surface area contributed by atoms with E-state index in [0.29, 0.717) is 11.3 Å². The molecule has 0 spiro atoms.